The van der Waals surface area contributed by atoms with Gasteiger partial charge in [-0.3, -0.25) is 9.89 Å². The first kappa shape index (κ1) is 17.7. The Morgan fingerprint density at radius 2 is 2.08 bits per heavy atom. The molecule has 2 aliphatic rings. The molecule has 1 N–H and O–H groups in total. The first-order valence-electron chi connectivity index (χ1n) is 9.27. The molecule has 26 heavy (non-hydrogen) atoms. The quantitative estimate of drug-likeness (QED) is 0.630. The van der Waals surface area contributed by atoms with Crippen LogP contribution in [0.2, 0.25) is 0 Å². The lowest BCUT2D eigenvalue weighted by Gasteiger charge is -2.21. The Labute approximate surface area is 169 Å². The molecule has 2 aromatic carbocycles. The maximum atomic E-state index is 4.48. The van der Waals surface area contributed by atoms with Gasteiger partial charge in [0.2, 0.25) is 0 Å². The smallest absolute Gasteiger partial charge is 0.0646 e. The molecule has 0 saturated carbocycles. The average Bonchev–Trinajstić information content (AvgIpc) is 3.06. The average molecular weight is 457 g/mol. The van der Waals surface area contributed by atoms with Crippen LogP contribution in [0.4, 0.5) is 5.69 Å². The topological polar surface area (TPSA) is 27.6 Å². The number of fused-ring (bicyclic) bond motifs is 1. The molecule has 0 bridgehead atoms. The van der Waals surface area contributed by atoms with E-state index in [4.69, 9.17) is 0 Å². The molecule has 0 amide bonds. The van der Waals surface area contributed by atoms with Crippen molar-refractivity contribution in [1.29, 1.82) is 0 Å². The van der Waals surface area contributed by atoms with Gasteiger partial charge in [-0.2, -0.15) is 0 Å². The molecule has 4 heteroatoms. The monoisotopic (exact) mass is 457 g/mol. The van der Waals surface area contributed by atoms with E-state index >= 15 is 0 Å². The molecule has 0 aromatic heterocycles. The number of likely N-dealkylation sites (tertiary alicyclic amines) is 1. The Bertz CT molecular complexity index is 839. The first-order chi connectivity index (χ1) is 12.7. The van der Waals surface area contributed by atoms with Crippen LogP contribution in [0, 0.1) is 3.57 Å². The molecule has 1 fully saturated rings. The third kappa shape index (κ3) is 4.01. The normalized spacial score (nSPS) is 21.2. The van der Waals surface area contributed by atoms with Crippen LogP contribution in [0.3, 0.4) is 0 Å². The zero-order valence-corrected chi connectivity index (χ0v) is 17.2. The number of anilines is 1. The second-order valence-corrected chi connectivity index (χ2v) is 8.42. The van der Waals surface area contributed by atoms with Crippen molar-refractivity contribution in [2.24, 2.45) is 4.99 Å². The van der Waals surface area contributed by atoms with Crippen molar-refractivity contribution in [3.05, 3.63) is 68.9 Å². The molecule has 0 radical (unpaired) electrons. The molecular formula is C22H24IN3. The summed E-state index contributed by atoms with van der Waals surface area (Å²) < 4.78 is 1.25. The number of hydrogen-bond acceptors (Lipinski definition) is 3. The lowest BCUT2D eigenvalue weighted by molar-refractivity contribution is 0.260. The lowest BCUT2D eigenvalue weighted by atomic mass is 9.99. The van der Waals surface area contributed by atoms with Crippen LogP contribution in [-0.4, -0.2) is 23.7 Å². The van der Waals surface area contributed by atoms with Crippen LogP contribution in [-0.2, 0) is 13.1 Å². The second-order valence-electron chi connectivity index (χ2n) is 7.17. The maximum absolute atomic E-state index is 4.48. The van der Waals surface area contributed by atoms with Gasteiger partial charge < -0.3 is 5.32 Å². The van der Waals surface area contributed by atoms with E-state index in [1.165, 1.54) is 39.6 Å². The summed E-state index contributed by atoms with van der Waals surface area (Å²) in [4.78, 5) is 7.05. The van der Waals surface area contributed by atoms with Crippen molar-refractivity contribution in [3.63, 3.8) is 0 Å². The second kappa shape index (κ2) is 7.92. The van der Waals surface area contributed by atoms with Gasteiger partial charge in [-0.1, -0.05) is 18.2 Å². The highest BCUT2D eigenvalue weighted by Gasteiger charge is 2.19. The fourth-order valence-electron chi connectivity index (χ4n) is 3.71. The number of aliphatic imine (C=N–C) groups is 1. The summed E-state index contributed by atoms with van der Waals surface area (Å²) >= 11 is 2.36. The first-order valence-corrected chi connectivity index (χ1v) is 10.4. The molecule has 2 aromatic rings. The summed E-state index contributed by atoms with van der Waals surface area (Å²) in [5.74, 6) is 0. The molecule has 0 aliphatic carbocycles. The number of benzene rings is 2. The van der Waals surface area contributed by atoms with Gasteiger partial charge in [0, 0.05) is 39.8 Å². The van der Waals surface area contributed by atoms with Crippen LogP contribution in [0.1, 0.15) is 36.5 Å². The molecule has 1 saturated heterocycles. The summed E-state index contributed by atoms with van der Waals surface area (Å²) in [6, 6.07) is 16.1. The Hall–Kier alpha value is -1.66. The number of allylic oxidation sites excluding steroid dienone is 1. The van der Waals surface area contributed by atoms with E-state index in [-0.39, 0.29) is 0 Å². The number of nitrogens with one attached hydrogen (secondary N) is 1. The molecule has 3 nitrogen and oxygen atoms in total. The molecule has 2 heterocycles. The lowest BCUT2D eigenvalue weighted by Crippen LogP contribution is -2.26. The summed E-state index contributed by atoms with van der Waals surface area (Å²) in [5.41, 5.74) is 6.20. The van der Waals surface area contributed by atoms with E-state index in [1.807, 2.05) is 6.21 Å². The van der Waals surface area contributed by atoms with Crippen molar-refractivity contribution >= 4 is 40.1 Å². The summed E-state index contributed by atoms with van der Waals surface area (Å²) in [5, 5.41) is 3.44. The molecule has 1 atom stereocenters. The fourth-order valence-corrected chi connectivity index (χ4v) is 4.20. The van der Waals surface area contributed by atoms with Crippen LogP contribution in [0.15, 0.2) is 53.7 Å². The Kier molecular flexibility index (Phi) is 5.41. The van der Waals surface area contributed by atoms with Crippen LogP contribution < -0.4 is 5.32 Å². The van der Waals surface area contributed by atoms with Gasteiger partial charge in [0.1, 0.15) is 0 Å². The summed E-state index contributed by atoms with van der Waals surface area (Å²) in [6.45, 7) is 5.39. The molecule has 2 aliphatic heterocycles. The SMILES string of the molecule is CC1CCCN1Cc1ccc(NC=C2C=NCc3ccc(I)cc32)cc1. The van der Waals surface area contributed by atoms with E-state index < -0.39 is 0 Å². The molecule has 134 valence electrons. The third-order valence-electron chi connectivity index (χ3n) is 5.30. The minimum absolute atomic E-state index is 0.714. The van der Waals surface area contributed by atoms with E-state index in [0.717, 1.165) is 24.4 Å². The van der Waals surface area contributed by atoms with Crippen LogP contribution in [0.25, 0.3) is 5.57 Å². The third-order valence-corrected chi connectivity index (χ3v) is 5.97. The highest BCUT2D eigenvalue weighted by molar-refractivity contribution is 14.1. The van der Waals surface area contributed by atoms with Gasteiger partial charge in [0.05, 0.1) is 6.54 Å². The minimum atomic E-state index is 0.714. The maximum Gasteiger partial charge on any atom is 0.0646 e. The van der Waals surface area contributed by atoms with Gasteiger partial charge in [0.25, 0.3) is 0 Å². The Morgan fingerprint density at radius 3 is 2.85 bits per heavy atom. The van der Waals surface area contributed by atoms with Gasteiger partial charge in [-0.15, -0.1) is 0 Å². The van der Waals surface area contributed by atoms with Crippen molar-refractivity contribution in [2.45, 2.75) is 38.9 Å². The molecule has 4 rings (SSSR count). The molecule has 0 spiro atoms. The zero-order chi connectivity index (χ0) is 17.9. The number of nitrogens with zero attached hydrogens (tertiary/aromatic N) is 2. The summed E-state index contributed by atoms with van der Waals surface area (Å²) in [6.07, 6.45) is 6.69. The number of halogens is 1. The predicted molar refractivity (Wildman–Crippen MR) is 119 cm³/mol. The van der Waals surface area contributed by atoms with Crippen molar-refractivity contribution in [1.82, 2.24) is 4.90 Å². The fraction of sp³-hybridized carbons (Fsp3) is 0.318. The Balaban J connectivity index is 1.45. The van der Waals surface area contributed by atoms with Gasteiger partial charge >= 0.3 is 0 Å². The zero-order valence-electron chi connectivity index (χ0n) is 15.1. The summed E-state index contributed by atoms with van der Waals surface area (Å²) in [7, 11) is 0. The van der Waals surface area contributed by atoms with Gasteiger partial charge in [-0.25, -0.2) is 0 Å². The largest absolute Gasteiger partial charge is 0.361 e. The standard InChI is InChI=1S/C22H24IN3/c1-16-3-2-10-26(16)15-17-4-8-21(9-5-17)25-14-19-13-24-12-18-6-7-20(23)11-22(18)19/h4-9,11,13-14,16,25H,2-3,10,12,15H2,1H3. The van der Waals surface area contributed by atoms with E-state index in [9.17, 15) is 0 Å². The molecule has 1 unspecified atom stereocenters. The highest BCUT2D eigenvalue weighted by Crippen LogP contribution is 2.25. The van der Waals surface area contributed by atoms with Gasteiger partial charge in [0.15, 0.2) is 0 Å². The van der Waals surface area contributed by atoms with Crippen LogP contribution >= 0.6 is 22.6 Å². The molecular weight excluding hydrogens is 433 g/mol. The minimum Gasteiger partial charge on any atom is -0.361 e. The van der Waals surface area contributed by atoms with Gasteiger partial charge in [-0.05, 0) is 89.9 Å². The predicted octanol–water partition coefficient (Wildman–Crippen LogP) is 5.31. The number of hydrogen-bond donors (Lipinski definition) is 1. The van der Waals surface area contributed by atoms with Crippen molar-refractivity contribution < 1.29 is 0 Å². The van der Waals surface area contributed by atoms with E-state index in [0.29, 0.717) is 6.04 Å². The van der Waals surface area contributed by atoms with Crippen molar-refractivity contribution in [2.75, 3.05) is 11.9 Å². The van der Waals surface area contributed by atoms with Crippen LogP contribution in [0.5, 0.6) is 0 Å². The Morgan fingerprint density at radius 1 is 1.23 bits per heavy atom. The number of rotatable bonds is 4. The van der Waals surface area contributed by atoms with Crippen molar-refractivity contribution in [3.8, 4) is 0 Å². The van der Waals surface area contributed by atoms with E-state index in [1.54, 1.807) is 0 Å². The highest BCUT2D eigenvalue weighted by atomic mass is 127. The van der Waals surface area contributed by atoms with E-state index in [2.05, 4.69) is 93.4 Å².